The number of non-ortho nitro benzene ring substituents is 2. The molecule has 10 nitrogen and oxygen atoms in total. The molecule has 2 aromatic rings. The van der Waals surface area contributed by atoms with E-state index in [4.69, 9.17) is 0 Å². The first-order valence-corrected chi connectivity index (χ1v) is 9.29. The molecule has 0 aromatic heterocycles. The monoisotopic (exact) mass is 401 g/mol. The minimum atomic E-state index is -0.709. The molecule has 1 amide bonds. The smallest absolute Gasteiger partial charge is 0.278 e. The zero-order chi connectivity index (χ0) is 20.1. The average Bonchev–Trinajstić information content (AvgIpc) is 3.13. The normalized spacial score (nSPS) is 17.3. The van der Waals surface area contributed by atoms with Gasteiger partial charge >= 0.3 is 0 Å². The van der Waals surface area contributed by atoms with Gasteiger partial charge in [0.25, 0.3) is 17.3 Å². The Hall–Kier alpha value is -3.47. The molecule has 0 unspecified atom stereocenters. The predicted molar refractivity (Wildman–Crippen MR) is 106 cm³/mol. The largest absolute Gasteiger partial charge is 0.343 e. The van der Waals surface area contributed by atoms with E-state index < -0.39 is 21.2 Å². The fourth-order valence-corrected chi connectivity index (χ4v) is 3.66. The highest BCUT2D eigenvalue weighted by atomic mass is 32.2. The summed E-state index contributed by atoms with van der Waals surface area (Å²) in [5.41, 5.74) is 3.11. The maximum absolute atomic E-state index is 12.3. The average molecular weight is 401 g/mol. The standard InChI is InChI=1S/C17H15N5O5S/c23-17(11-4-2-1-3-5-11)18-15-9-28-10-16(15)20-19-12-6-13(21(24)25)8-14(7-12)22(26)27/h1-8,15,19H,9-10H2,(H,18,23)/b20-16-/t15-/m0/s1. The van der Waals surface area contributed by atoms with Crippen molar-refractivity contribution in [3.63, 3.8) is 0 Å². The first-order valence-electron chi connectivity index (χ1n) is 8.14. The summed E-state index contributed by atoms with van der Waals surface area (Å²) in [4.78, 5) is 32.8. The lowest BCUT2D eigenvalue weighted by atomic mass is 10.1. The Bertz CT molecular complexity index is 918. The maximum Gasteiger partial charge on any atom is 0.278 e. The second kappa shape index (κ2) is 8.48. The van der Waals surface area contributed by atoms with Gasteiger partial charge in [0, 0.05) is 29.2 Å². The number of amides is 1. The van der Waals surface area contributed by atoms with Gasteiger partial charge in [0.05, 0.1) is 33.4 Å². The highest BCUT2D eigenvalue weighted by molar-refractivity contribution is 8.00. The van der Waals surface area contributed by atoms with E-state index in [0.717, 1.165) is 18.2 Å². The van der Waals surface area contributed by atoms with Crippen molar-refractivity contribution in [1.29, 1.82) is 0 Å². The summed E-state index contributed by atoms with van der Waals surface area (Å²) in [6.07, 6.45) is 0. The van der Waals surface area contributed by atoms with Gasteiger partial charge in [0.1, 0.15) is 0 Å². The van der Waals surface area contributed by atoms with Crippen LogP contribution in [0.4, 0.5) is 17.1 Å². The quantitative estimate of drug-likeness (QED) is 0.560. The number of carbonyl (C=O) groups is 1. The van der Waals surface area contributed by atoms with Crippen LogP contribution in [-0.4, -0.2) is 39.0 Å². The summed E-state index contributed by atoms with van der Waals surface area (Å²) in [7, 11) is 0. The highest BCUT2D eigenvalue weighted by Crippen LogP contribution is 2.26. The number of hydrogen-bond donors (Lipinski definition) is 2. The molecule has 1 heterocycles. The number of rotatable bonds is 6. The zero-order valence-electron chi connectivity index (χ0n) is 14.4. The van der Waals surface area contributed by atoms with Crippen LogP contribution in [0.25, 0.3) is 0 Å². The van der Waals surface area contributed by atoms with Crippen LogP contribution >= 0.6 is 11.8 Å². The molecule has 0 spiro atoms. The third-order valence-electron chi connectivity index (χ3n) is 3.93. The molecule has 1 aliphatic rings. The molecule has 2 aromatic carbocycles. The number of nitrogens with zero attached hydrogens (tertiary/aromatic N) is 3. The van der Waals surface area contributed by atoms with E-state index in [1.807, 2.05) is 6.07 Å². The summed E-state index contributed by atoms with van der Waals surface area (Å²) < 4.78 is 0. The van der Waals surface area contributed by atoms with E-state index in [1.165, 1.54) is 0 Å². The molecule has 3 rings (SSSR count). The number of anilines is 1. The van der Waals surface area contributed by atoms with Crippen molar-refractivity contribution >= 4 is 40.4 Å². The summed E-state index contributed by atoms with van der Waals surface area (Å²) in [6.45, 7) is 0. The highest BCUT2D eigenvalue weighted by Gasteiger charge is 2.25. The molecule has 28 heavy (non-hydrogen) atoms. The second-order valence-corrected chi connectivity index (χ2v) is 6.90. The van der Waals surface area contributed by atoms with Gasteiger partial charge in [-0.05, 0) is 12.1 Å². The molecular weight excluding hydrogens is 386 g/mol. The molecule has 1 saturated heterocycles. The Morgan fingerprint density at radius 3 is 2.32 bits per heavy atom. The fraction of sp³-hybridized carbons (Fsp3) is 0.176. The number of hydrazone groups is 1. The summed E-state index contributed by atoms with van der Waals surface area (Å²) in [6, 6.07) is 11.7. The van der Waals surface area contributed by atoms with Crippen molar-refractivity contribution in [2.24, 2.45) is 5.10 Å². The van der Waals surface area contributed by atoms with Gasteiger partial charge in [-0.3, -0.25) is 30.4 Å². The summed E-state index contributed by atoms with van der Waals surface area (Å²) in [5.74, 6) is 0.963. The topological polar surface area (TPSA) is 140 Å². The Kier molecular flexibility index (Phi) is 5.84. The Labute approximate surface area is 163 Å². The van der Waals surface area contributed by atoms with E-state index >= 15 is 0 Å². The van der Waals surface area contributed by atoms with E-state index in [1.54, 1.807) is 36.0 Å². The maximum atomic E-state index is 12.3. The molecule has 1 aliphatic heterocycles. The van der Waals surface area contributed by atoms with Gasteiger partial charge < -0.3 is 5.32 Å². The lowest BCUT2D eigenvalue weighted by Gasteiger charge is -2.13. The van der Waals surface area contributed by atoms with Gasteiger partial charge in [0.2, 0.25) is 0 Å². The molecular formula is C17H15N5O5S. The van der Waals surface area contributed by atoms with Crippen LogP contribution < -0.4 is 10.7 Å². The van der Waals surface area contributed by atoms with E-state index in [-0.39, 0.29) is 17.6 Å². The minimum absolute atomic E-state index is 0.124. The molecule has 2 N–H and O–H groups in total. The van der Waals surface area contributed by atoms with Crippen LogP contribution in [0.3, 0.4) is 0 Å². The van der Waals surface area contributed by atoms with Crippen molar-refractivity contribution < 1.29 is 14.6 Å². The number of nitro benzene ring substituents is 2. The molecule has 0 aliphatic carbocycles. The third-order valence-corrected chi connectivity index (χ3v) is 5.00. The molecule has 0 radical (unpaired) electrons. The zero-order valence-corrected chi connectivity index (χ0v) is 15.2. The number of nitrogens with one attached hydrogen (secondary N) is 2. The van der Waals surface area contributed by atoms with Crippen molar-refractivity contribution in [2.75, 3.05) is 16.9 Å². The van der Waals surface area contributed by atoms with E-state index in [9.17, 15) is 25.0 Å². The molecule has 144 valence electrons. The van der Waals surface area contributed by atoms with Gasteiger partial charge in [-0.15, -0.1) is 0 Å². The fourth-order valence-electron chi connectivity index (χ4n) is 2.55. The summed E-state index contributed by atoms with van der Waals surface area (Å²) in [5, 5.41) is 29.0. The van der Waals surface area contributed by atoms with Crippen molar-refractivity contribution in [3.8, 4) is 0 Å². The first-order chi connectivity index (χ1) is 13.4. The molecule has 0 bridgehead atoms. The van der Waals surface area contributed by atoms with Crippen LogP contribution in [0.5, 0.6) is 0 Å². The molecule has 0 saturated carbocycles. The molecule has 1 fully saturated rings. The van der Waals surface area contributed by atoms with Crippen LogP contribution in [0, 0.1) is 20.2 Å². The number of thioether (sulfide) groups is 1. The Morgan fingerprint density at radius 2 is 1.71 bits per heavy atom. The Morgan fingerprint density at radius 1 is 1.07 bits per heavy atom. The SMILES string of the molecule is O=C(N[C@H]1CSC/C1=N/Nc1cc([N+](=O)[O-])cc([N+](=O)[O-])c1)c1ccccc1. The third kappa shape index (κ3) is 4.62. The predicted octanol–water partition coefficient (Wildman–Crippen LogP) is 2.82. The van der Waals surface area contributed by atoms with E-state index in [0.29, 0.717) is 22.8 Å². The molecule has 1 atom stereocenters. The number of benzene rings is 2. The van der Waals surface area contributed by atoms with E-state index in [2.05, 4.69) is 15.8 Å². The molecule has 11 heteroatoms. The number of nitro groups is 2. The Balaban J connectivity index is 1.75. The van der Waals surface area contributed by atoms with Gasteiger partial charge in [-0.25, -0.2) is 0 Å². The summed E-state index contributed by atoms with van der Waals surface area (Å²) >= 11 is 1.58. The van der Waals surface area contributed by atoms with Crippen LogP contribution in [0.2, 0.25) is 0 Å². The first kappa shape index (κ1) is 19.3. The minimum Gasteiger partial charge on any atom is -0.343 e. The van der Waals surface area contributed by atoms with Crippen molar-refractivity contribution in [1.82, 2.24) is 5.32 Å². The van der Waals surface area contributed by atoms with Gasteiger partial charge in [0.15, 0.2) is 0 Å². The van der Waals surface area contributed by atoms with Crippen molar-refractivity contribution in [3.05, 3.63) is 74.3 Å². The lowest BCUT2D eigenvalue weighted by Crippen LogP contribution is -2.40. The van der Waals surface area contributed by atoms with Crippen LogP contribution in [0.1, 0.15) is 10.4 Å². The van der Waals surface area contributed by atoms with Gasteiger partial charge in [-0.2, -0.15) is 16.9 Å². The number of hydrogen-bond acceptors (Lipinski definition) is 8. The number of carbonyl (C=O) groups excluding carboxylic acids is 1. The second-order valence-electron chi connectivity index (χ2n) is 5.87. The van der Waals surface area contributed by atoms with Crippen LogP contribution in [0.15, 0.2) is 53.6 Å². The van der Waals surface area contributed by atoms with Crippen molar-refractivity contribution in [2.45, 2.75) is 6.04 Å². The lowest BCUT2D eigenvalue weighted by molar-refractivity contribution is -0.394. The van der Waals surface area contributed by atoms with Gasteiger partial charge in [-0.1, -0.05) is 18.2 Å². The van der Waals surface area contributed by atoms with Crippen LogP contribution in [-0.2, 0) is 0 Å².